The number of aryl methyl sites for hydroxylation is 2. The third-order valence-corrected chi connectivity index (χ3v) is 5.35. The summed E-state index contributed by atoms with van der Waals surface area (Å²) >= 11 is 0. The molecule has 0 aliphatic carbocycles. The molecule has 36 heavy (non-hydrogen) atoms. The molecule has 4 aromatic rings. The van der Waals surface area contributed by atoms with Gasteiger partial charge in [-0.2, -0.15) is 0 Å². The molecule has 0 aliphatic rings. The molecule has 0 unspecified atom stereocenters. The predicted octanol–water partition coefficient (Wildman–Crippen LogP) is -0.462. The van der Waals surface area contributed by atoms with Gasteiger partial charge >= 0.3 is 57.1 Å². The van der Waals surface area contributed by atoms with Crippen LogP contribution in [-0.2, 0) is 17.9 Å². The van der Waals surface area contributed by atoms with E-state index in [1.807, 2.05) is 44.2 Å². The van der Waals surface area contributed by atoms with Crippen molar-refractivity contribution in [3.05, 3.63) is 104 Å². The Morgan fingerprint density at radius 1 is 0.944 bits per heavy atom. The fraction of sp³-hybridized carbons (Fsp3) is 0.192. The van der Waals surface area contributed by atoms with Crippen LogP contribution in [0.2, 0.25) is 0 Å². The topological polar surface area (TPSA) is 128 Å². The van der Waals surface area contributed by atoms with Crippen LogP contribution in [0.15, 0.2) is 74.8 Å². The molecule has 4 rings (SSSR count). The number of primary amides is 1. The van der Waals surface area contributed by atoms with Crippen molar-refractivity contribution in [1.82, 2.24) is 9.72 Å². The number of nitrogens with two attached hydrogens (primary N) is 1. The molecule has 0 aliphatic heterocycles. The fourth-order valence-electron chi connectivity index (χ4n) is 3.84. The Kier molecular flexibility index (Phi) is 9.52. The van der Waals surface area contributed by atoms with Crippen LogP contribution in [0.1, 0.15) is 22.3 Å². The molecule has 0 fully saturated rings. The Labute approximate surface area is 249 Å². The molecular weight excluding hydrogens is 489 g/mol. The van der Waals surface area contributed by atoms with Gasteiger partial charge in [0.25, 0.3) is 5.91 Å². The normalized spacial score (nSPS) is 10.5. The van der Waals surface area contributed by atoms with Crippen LogP contribution in [0, 0.1) is 13.8 Å². The van der Waals surface area contributed by atoms with Crippen molar-refractivity contribution in [3.63, 3.8) is 0 Å². The van der Waals surface area contributed by atoms with Gasteiger partial charge in [-0.05, 0) is 77.6 Å². The quantitative estimate of drug-likeness (QED) is 0.300. The number of benzene rings is 3. The fourth-order valence-corrected chi connectivity index (χ4v) is 3.84. The van der Waals surface area contributed by atoms with Gasteiger partial charge in [-0.15, -0.1) is 0 Å². The summed E-state index contributed by atoms with van der Waals surface area (Å²) in [6, 6.07) is 19.0. The summed E-state index contributed by atoms with van der Waals surface area (Å²) < 4.78 is 17.0. The number of carbonyl (C=O) groups excluding carboxylic acids is 1. The van der Waals surface area contributed by atoms with E-state index < -0.39 is 17.4 Å². The van der Waals surface area contributed by atoms with Crippen LogP contribution in [-0.4, -0.2) is 17.3 Å². The minimum Gasteiger partial charge on any atom is -0.489 e. The van der Waals surface area contributed by atoms with Crippen molar-refractivity contribution >= 4 is 5.91 Å². The van der Waals surface area contributed by atoms with Crippen molar-refractivity contribution in [1.29, 1.82) is 0 Å². The standard InChI is InChI=1S/C26H25N3O6.K/c1-16-10-22(34-15-23(27)30)11-17(2)24(16)20-5-3-4-19(12-20)14-33-21-8-6-18(7-9-21)13-29-25(31)28-26(32)35-29;/h3-12H,13-15H2,1-2H3,(H3,27,28,30,31,32);/q;+1/p-1. The molecule has 0 atom stereocenters. The zero-order valence-corrected chi connectivity index (χ0v) is 23.4. The van der Waals surface area contributed by atoms with Gasteiger partial charge in [-0.25, -0.2) is 4.79 Å². The molecule has 0 saturated heterocycles. The van der Waals surface area contributed by atoms with Crippen molar-refractivity contribution < 1.29 is 70.2 Å². The van der Waals surface area contributed by atoms with E-state index in [1.54, 1.807) is 24.3 Å². The minimum atomic E-state index is -0.907. The Hall–Kier alpha value is -2.89. The van der Waals surface area contributed by atoms with Gasteiger partial charge < -0.3 is 24.7 Å². The summed E-state index contributed by atoms with van der Waals surface area (Å²) in [6.07, 6.45) is 0. The molecule has 2 N–H and O–H groups in total. The van der Waals surface area contributed by atoms with Crippen molar-refractivity contribution in [2.24, 2.45) is 5.73 Å². The van der Waals surface area contributed by atoms with E-state index in [2.05, 4.69) is 11.1 Å². The van der Waals surface area contributed by atoms with Crippen molar-refractivity contribution in [2.45, 2.75) is 27.0 Å². The number of carbonyl (C=O) groups is 1. The first kappa shape index (κ1) is 27.7. The third-order valence-electron chi connectivity index (χ3n) is 5.35. The first-order valence-corrected chi connectivity index (χ1v) is 10.9. The van der Waals surface area contributed by atoms with Crippen LogP contribution in [0.25, 0.3) is 11.1 Å². The summed E-state index contributed by atoms with van der Waals surface area (Å²) in [5, 5.41) is 0. The second kappa shape index (κ2) is 12.4. The van der Waals surface area contributed by atoms with Crippen LogP contribution >= 0.6 is 0 Å². The number of hydrogen-bond acceptors (Lipinski definition) is 6. The van der Waals surface area contributed by atoms with Crippen LogP contribution in [0.4, 0.5) is 0 Å². The molecule has 180 valence electrons. The number of aromatic nitrogens is 2. The zero-order valence-electron chi connectivity index (χ0n) is 20.3. The van der Waals surface area contributed by atoms with Gasteiger partial charge in [0.2, 0.25) is 0 Å². The van der Waals surface area contributed by atoms with Crippen LogP contribution in [0.3, 0.4) is 0 Å². The van der Waals surface area contributed by atoms with Crippen molar-refractivity contribution in [2.75, 3.05) is 6.61 Å². The summed E-state index contributed by atoms with van der Waals surface area (Å²) in [6.45, 7) is 4.31. The van der Waals surface area contributed by atoms with E-state index in [0.717, 1.165) is 38.1 Å². The predicted molar refractivity (Wildman–Crippen MR) is 128 cm³/mol. The molecule has 10 heteroatoms. The maximum Gasteiger partial charge on any atom is 1.00 e. The van der Waals surface area contributed by atoms with E-state index in [0.29, 0.717) is 18.1 Å². The molecule has 0 saturated carbocycles. The minimum absolute atomic E-state index is 0. The monoisotopic (exact) mass is 513 g/mol. The summed E-state index contributed by atoms with van der Waals surface area (Å²) in [4.78, 5) is 36.8. The Bertz CT molecular complexity index is 1450. The Morgan fingerprint density at radius 2 is 1.64 bits per heavy atom. The summed E-state index contributed by atoms with van der Waals surface area (Å²) in [5.41, 5.74) is 10.4. The number of amides is 1. The molecule has 0 spiro atoms. The molecule has 1 amide bonds. The average molecular weight is 514 g/mol. The second-order valence-corrected chi connectivity index (χ2v) is 8.11. The molecular formula is C26H24KN3O6. The maximum absolute atomic E-state index is 11.5. The summed E-state index contributed by atoms with van der Waals surface area (Å²) in [7, 11) is 0. The SMILES string of the molecule is Cc1cc(OCC(N)=O)cc(C)c1-c1cccc(COc2ccc(Cn3oc(=O)[n-]c3=O)cc2)c1.[K+]. The third kappa shape index (κ3) is 7.08. The maximum atomic E-state index is 11.5. The molecule has 9 nitrogen and oxygen atoms in total. The number of rotatable bonds is 9. The van der Waals surface area contributed by atoms with E-state index >= 15 is 0 Å². The molecule has 3 aromatic carbocycles. The Morgan fingerprint density at radius 3 is 2.25 bits per heavy atom. The molecule has 0 radical (unpaired) electrons. The zero-order chi connectivity index (χ0) is 24.9. The van der Waals surface area contributed by atoms with E-state index in [9.17, 15) is 14.4 Å². The second-order valence-electron chi connectivity index (χ2n) is 8.11. The van der Waals surface area contributed by atoms with Crippen LogP contribution < -0.4 is 83.0 Å². The number of ether oxygens (including phenoxy) is 2. The Balaban J connectivity index is 0.00000361. The first-order chi connectivity index (χ1) is 16.8. The number of nitrogens with zero attached hydrogens (tertiary/aromatic N) is 2. The molecule has 0 bridgehead atoms. The van der Waals surface area contributed by atoms with Crippen molar-refractivity contribution in [3.8, 4) is 22.6 Å². The first-order valence-electron chi connectivity index (χ1n) is 10.9. The van der Waals surface area contributed by atoms with Gasteiger partial charge in [0.05, 0.1) is 0 Å². The van der Waals surface area contributed by atoms with Gasteiger partial charge in [-0.1, -0.05) is 30.3 Å². The van der Waals surface area contributed by atoms with E-state index in [4.69, 9.17) is 19.7 Å². The van der Waals surface area contributed by atoms with Gasteiger partial charge in [-0.3, -0.25) is 14.3 Å². The van der Waals surface area contributed by atoms with E-state index in [1.165, 1.54) is 0 Å². The molecule has 1 aromatic heterocycles. The molecule has 1 heterocycles. The van der Waals surface area contributed by atoms with E-state index in [-0.39, 0.29) is 64.5 Å². The van der Waals surface area contributed by atoms with Gasteiger partial charge in [0.1, 0.15) is 18.1 Å². The average Bonchev–Trinajstić information content (AvgIpc) is 3.13. The largest absolute Gasteiger partial charge is 1.00 e. The van der Waals surface area contributed by atoms with Gasteiger partial charge in [0, 0.05) is 6.54 Å². The number of hydrogen-bond donors (Lipinski definition) is 1. The smallest absolute Gasteiger partial charge is 0.489 e. The van der Waals surface area contributed by atoms with Crippen LogP contribution in [0.5, 0.6) is 11.5 Å². The summed E-state index contributed by atoms with van der Waals surface area (Å²) in [5.74, 6) is -0.158. The van der Waals surface area contributed by atoms with Gasteiger partial charge in [0.15, 0.2) is 12.3 Å².